The van der Waals surface area contributed by atoms with E-state index in [0.29, 0.717) is 6.23 Å². The summed E-state index contributed by atoms with van der Waals surface area (Å²) in [5, 5.41) is 3.28. The van der Waals surface area contributed by atoms with Gasteiger partial charge in [0.25, 0.3) is 0 Å². The van der Waals surface area contributed by atoms with Gasteiger partial charge in [-0.1, -0.05) is 13.8 Å². The second-order valence-corrected chi connectivity index (χ2v) is 2.56. The quantitative estimate of drug-likeness (QED) is 0.437. The predicted molar refractivity (Wildman–Crippen MR) is 43.4 cm³/mol. The van der Waals surface area contributed by atoms with Crippen molar-refractivity contribution < 1.29 is 4.43 Å². The van der Waals surface area contributed by atoms with Gasteiger partial charge in [-0.15, -0.1) is 0 Å². The van der Waals surface area contributed by atoms with Crippen molar-refractivity contribution in [2.75, 3.05) is 6.54 Å². The van der Waals surface area contributed by atoms with E-state index in [4.69, 9.17) is 4.43 Å². The molecule has 1 atom stereocenters. The maximum absolute atomic E-state index is 5.23. The van der Waals surface area contributed by atoms with Crippen molar-refractivity contribution in [2.45, 2.75) is 32.9 Å². The van der Waals surface area contributed by atoms with Gasteiger partial charge in [-0.05, 0) is 19.4 Å². The van der Waals surface area contributed by atoms with Crippen molar-refractivity contribution in [3.05, 3.63) is 0 Å². The van der Waals surface area contributed by atoms with Crippen LogP contribution in [0.25, 0.3) is 0 Å². The molecule has 0 aromatic rings. The van der Waals surface area contributed by atoms with E-state index in [-0.39, 0.29) is 0 Å². The molecule has 0 radical (unpaired) electrons. The van der Waals surface area contributed by atoms with Crippen molar-refractivity contribution in [3.63, 3.8) is 0 Å². The molecule has 0 saturated heterocycles. The summed E-state index contributed by atoms with van der Waals surface area (Å²) in [4.78, 5) is 0. The fourth-order valence-corrected chi connectivity index (χ4v) is 1.20. The van der Waals surface area contributed by atoms with Gasteiger partial charge >= 0.3 is 0 Å². The Labute approximate surface area is 60.5 Å². The Kier molecular flexibility index (Phi) is 6.35. The third-order valence-corrected chi connectivity index (χ3v) is 1.85. The first-order valence-electron chi connectivity index (χ1n) is 3.61. The van der Waals surface area contributed by atoms with Gasteiger partial charge in [0.2, 0.25) is 0 Å². The van der Waals surface area contributed by atoms with Crippen molar-refractivity contribution in [2.24, 2.45) is 0 Å². The summed E-state index contributed by atoms with van der Waals surface area (Å²) in [5.41, 5.74) is 0. The molecule has 0 fully saturated rings. The van der Waals surface area contributed by atoms with Crippen LogP contribution >= 0.6 is 0 Å². The van der Waals surface area contributed by atoms with E-state index in [1.165, 1.54) is 6.42 Å². The smallest absolute Gasteiger partial charge is 0.148 e. The molecule has 56 valence electrons. The number of hydrogen-bond donors (Lipinski definition) is 1. The lowest BCUT2D eigenvalue weighted by Gasteiger charge is -2.14. The van der Waals surface area contributed by atoms with Gasteiger partial charge in [-0.2, -0.15) is 0 Å². The summed E-state index contributed by atoms with van der Waals surface area (Å²) in [7, 11) is 0.836. The van der Waals surface area contributed by atoms with Crippen LogP contribution in [-0.2, 0) is 4.43 Å². The third-order valence-electron chi connectivity index (χ3n) is 1.28. The lowest BCUT2D eigenvalue weighted by atomic mass is 10.4. The average Bonchev–Trinajstić information content (AvgIpc) is 1.91. The molecular formula is C6H17NOSi. The molecule has 0 rings (SSSR count). The van der Waals surface area contributed by atoms with E-state index in [2.05, 4.69) is 19.2 Å². The van der Waals surface area contributed by atoms with Crippen LogP contribution in [0.1, 0.15) is 26.7 Å². The van der Waals surface area contributed by atoms with E-state index in [1.807, 2.05) is 0 Å². The SMILES string of the molecule is CCCNC(CC)O[SiH3]. The first kappa shape index (κ1) is 9.14. The molecule has 1 unspecified atom stereocenters. The van der Waals surface area contributed by atoms with Gasteiger partial charge in [0.15, 0.2) is 0 Å². The molecule has 0 saturated carbocycles. The minimum Gasteiger partial charge on any atom is -0.413 e. The number of rotatable bonds is 5. The van der Waals surface area contributed by atoms with Crippen LogP contribution in [-0.4, -0.2) is 23.3 Å². The molecule has 9 heavy (non-hydrogen) atoms. The zero-order valence-corrected chi connectivity index (χ0v) is 8.61. The van der Waals surface area contributed by atoms with E-state index in [1.54, 1.807) is 0 Å². The van der Waals surface area contributed by atoms with Crippen LogP contribution < -0.4 is 5.32 Å². The molecule has 0 aliphatic heterocycles. The largest absolute Gasteiger partial charge is 0.413 e. The summed E-state index contributed by atoms with van der Waals surface area (Å²) in [6.45, 7) is 5.36. The highest BCUT2D eigenvalue weighted by molar-refractivity contribution is 5.98. The fraction of sp³-hybridized carbons (Fsp3) is 1.00. The number of nitrogens with one attached hydrogen (secondary N) is 1. The Morgan fingerprint density at radius 1 is 1.56 bits per heavy atom. The molecule has 0 aliphatic rings. The zero-order chi connectivity index (χ0) is 7.11. The van der Waals surface area contributed by atoms with Crippen molar-refractivity contribution in [3.8, 4) is 0 Å². The molecular weight excluding hydrogens is 130 g/mol. The summed E-state index contributed by atoms with van der Waals surface area (Å²) >= 11 is 0. The first-order chi connectivity index (χ1) is 4.35. The highest BCUT2D eigenvalue weighted by atomic mass is 28.2. The van der Waals surface area contributed by atoms with Gasteiger partial charge < -0.3 is 4.43 Å². The summed E-state index contributed by atoms with van der Waals surface area (Å²) < 4.78 is 5.23. The van der Waals surface area contributed by atoms with E-state index in [0.717, 1.165) is 23.5 Å². The Morgan fingerprint density at radius 3 is 2.56 bits per heavy atom. The molecule has 0 amide bonds. The minimum absolute atomic E-state index is 0.316. The van der Waals surface area contributed by atoms with Crippen LogP contribution in [0, 0.1) is 0 Å². The second-order valence-electron chi connectivity index (χ2n) is 2.09. The Morgan fingerprint density at radius 2 is 2.22 bits per heavy atom. The molecule has 1 N–H and O–H groups in total. The maximum atomic E-state index is 5.23. The normalized spacial score (nSPS) is 14.0. The molecule has 0 aliphatic carbocycles. The van der Waals surface area contributed by atoms with Crippen molar-refractivity contribution >= 4 is 10.5 Å². The third kappa shape index (κ3) is 4.63. The summed E-state index contributed by atoms with van der Waals surface area (Å²) in [6.07, 6.45) is 2.57. The van der Waals surface area contributed by atoms with E-state index < -0.39 is 0 Å². The molecule has 0 spiro atoms. The van der Waals surface area contributed by atoms with Crippen LogP contribution in [0.15, 0.2) is 0 Å². The molecule has 0 aromatic carbocycles. The lowest BCUT2D eigenvalue weighted by molar-refractivity contribution is 0.176. The first-order valence-corrected chi connectivity index (χ1v) is 4.43. The van der Waals surface area contributed by atoms with Crippen molar-refractivity contribution in [1.29, 1.82) is 0 Å². The van der Waals surface area contributed by atoms with Gasteiger partial charge in [-0.25, -0.2) is 0 Å². The standard InChI is InChI=1S/C6H17NOSi/c1-3-5-7-6(4-2)8-9/h6-7H,3-5H2,1-2,9H3. The molecule has 0 heterocycles. The zero-order valence-electron chi connectivity index (χ0n) is 6.61. The predicted octanol–water partition coefficient (Wildman–Crippen LogP) is 0.0191. The van der Waals surface area contributed by atoms with Crippen LogP contribution in [0.2, 0.25) is 0 Å². The molecule has 3 heteroatoms. The van der Waals surface area contributed by atoms with Crippen LogP contribution in [0.4, 0.5) is 0 Å². The van der Waals surface area contributed by atoms with Gasteiger partial charge in [0, 0.05) is 0 Å². The van der Waals surface area contributed by atoms with Gasteiger partial charge in [-0.3, -0.25) is 5.32 Å². The van der Waals surface area contributed by atoms with Gasteiger partial charge in [0.05, 0.1) is 6.23 Å². The van der Waals surface area contributed by atoms with Crippen LogP contribution in [0.3, 0.4) is 0 Å². The van der Waals surface area contributed by atoms with Crippen LogP contribution in [0.5, 0.6) is 0 Å². The fourth-order valence-electron chi connectivity index (χ4n) is 0.700. The van der Waals surface area contributed by atoms with Gasteiger partial charge in [0.1, 0.15) is 10.5 Å². The minimum atomic E-state index is 0.316. The highest BCUT2D eigenvalue weighted by Crippen LogP contribution is 1.89. The Bertz CT molecular complexity index is 57.0. The van der Waals surface area contributed by atoms with Crippen molar-refractivity contribution in [1.82, 2.24) is 5.32 Å². The monoisotopic (exact) mass is 147 g/mol. The topological polar surface area (TPSA) is 21.3 Å². The molecule has 0 aromatic heterocycles. The average molecular weight is 147 g/mol. The Balaban J connectivity index is 3.09. The molecule has 2 nitrogen and oxygen atoms in total. The maximum Gasteiger partial charge on any atom is 0.148 e. The molecule has 0 bridgehead atoms. The summed E-state index contributed by atoms with van der Waals surface area (Å²) in [6, 6.07) is 0. The highest BCUT2D eigenvalue weighted by Gasteiger charge is 1.98. The van der Waals surface area contributed by atoms with E-state index >= 15 is 0 Å². The summed E-state index contributed by atoms with van der Waals surface area (Å²) in [5.74, 6) is 0. The van der Waals surface area contributed by atoms with E-state index in [9.17, 15) is 0 Å². The lowest BCUT2D eigenvalue weighted by Crippen LogP contribution is -2.30. The second kappa shape index (κ2) is 6.26. The number of hydrogen-bond acceptors (Lipinski definition) is 2. The Hall–Kier alpha value is 0.137.